The summed E-state index contributed by atoms with van der Waals surface area (Å²) >= 11 is 0. The van der Waals surface area contributed by atoms with Gasteiger partial charge in [0.05, 0.1) is 18.2 Å². The van der Waals surface area contributed by atoms with E-state index in [9.17, 15) is 13.2 Å². The molecule has 0 atom stereocenters. The van der Waals surface area contributed by atoms with Gasteiger partial charge in [-0.15, -0.1) is 0 Å². The Bertz CT molecular complexity index is 638. The van der Waals surface area contributed by atoms with Crippen molar-refractivity contribution in [2.75, 3.05) is 6.61 Å². The van der Waals surface area contributed by atoms with Crippen molar-refractivity contribution >= 4 is 0 Å². The van der Waals surface area contributed by atoms with Crippen molar-refractivity contribution in [2.24, 2.45) is 0 Å². The van der Waals surface area contributed by atoms with E-state index in [1.807, 2.05) is 6.07 Å². The third-order valence-electron chi connectivity index (χ3n) is 2.68. The summed E-state index contributed by atoms with van der Waals surface area (Å²) < 4.78 is 39.3. The maximum absolute atomic E-state index is 12.7. The Hall–Kier alpha value is -2.33. The molecule has 0 radical (unpaired) electrons. The Morgan fingerprint density at radius 2 is 1.90 bits per heavy atom. The van der Waals surface area contributed by atoms with Crippen LogP contribution in [0.3, 0.4) is 0 Å². The number of rotatable bonds is 3. The fourth-order valence-corrected chi connectivity index (χ4v) is 1.75. The molecular weight excluding hydrogens is 271 g/mol. The Balaban J connectivity index is 2.48. The number of nitriles is 1. The monoisotopic (exact) mass is 281 g/mol. The minimum absolute atomic E-state index is 0.0123. The van der Waals surface area contributed by atoms with Crippen molar-refractivity contribution in [3.8, 4) is 17.5 Å². The molecule has 7 heteroatoms. The summed E-state index contributed by atoms with van der Waals surface area (Å²) in [4.78, 5) is 3.57. The van der Waals surface area contributed by atoms with Gasteiger partial charge in [0.1, 0.15) is 5.82 Å². The average molecular weight is 281 g/mol. The number of aromatic nitrogens is 2. The summed E-state index contributed by atoms with van der Waals surface area (Å²) in [7, 11) is 0. The van der Waals surface area contributed by atoms with Crippen LogP contribution in [-0.4, -0.2) is 21.3 Å². The lowest BCUT2D eigenvalue weighted by molar-refractivity contribution is -0.140. The molecular formula is C13H10F3N3O. The maximum Gasteiger partial charge on any atom is 0.434 e. The normalized spacial score (nSPS) is 11.3. The molecule has 2 rings (SSSR count). The van der Waals surface area contributed by atoms with E-state index >= 15 is 0 Å². The zero-order chi connectivity index (χ0) is 14.8. The van der Waals surface area contributed by atoms with Crippen LogP contribution < -0.4 is 0 Å². The third-order valence-corrected chi connectivity index (χ3v) is 2.68. The second-order valence-electron chi connectivity index (χ2n) is 4.05. The van der Waals surface area contributed by atoms with Crippen molar-refractivity contribution in [3.63, 3.8) is 0 Å². The van der Waals surface area contributed by atoms with E-state index in [1.165, 1.54) is 28.8 Å². The second-order valence-corrected chi connectivity index (χ2v) is 4.05. The van der Waals surface area contributed by atoms with E-state index in [0.717, 1.165) is 6.20 Å². The van der Waals surface area contributed by atoms with Gasteiger partial charge < -0.3 is 9.67 Å². The summed E-state index contributed by atoms with van der Waals surface area (Å²) in [5.74, 6) is 0.107. The van der Waals surface area contributed by atoms with Crippen molar-refractivity contribution in [2.45, 2.75) is 12.7 Å². The first kappa shape index (κ1) is 14.1. The van der Waals surface area contributed by atoms with Crippen LogP contribution in [0.15, 0.2) is 30.5 Å². The highest BCUT2D eigenvalue weighted by atomic mass is 19.4. The molecule has 1 aromatic carbocycles. The summed E-state index contributed by atoms with van der Waals surface area (Å²) in [5.41, 5.74) is -0.150. The molecule has 0 aliphatic heterocycles. The minimum atomic E-state index is -4.54. The van der Waals surface area contributed by atoms with Crippen LogP contribution in [-0.2, 0) is 12.7 Å². The number of halogens is 3. The van der Waals surface area contributed by atoms with Crippen LogP contribution in [0.25, 0.3) is 11.4 Å². The standard InChI is InChI=1S/C13H10F3N3O/c14-13(15,16)11-8-19(5-6-20)12(18-11)10-3-1-9(7-17)2-4-10/h1-4,8,20H,5-6H2. The summed E-state index contributed by atoms with van der Waals surface area (Å²) in [6.45, 7) is -0.282. The van der Waals surface area contributed by atoms with E-state index in [0.29, 0.717) is 11.1 Å². The van der Waals surface area contributed by atoms with E-state index in [1.54, 1.807) is 0 Å². The molecule has 0 bridgehead atoms. The van der Waals surface area contributed by atoms with E-state index in [-0.39, 0.29) is 19.0 Å². The van der Waals surface area contributed by atoms with Crippen LogP contribution in [0.4, 0.5) is 13.2 Å². The van der Waals surface area contributed by atoms with E-state index in [2.05, 4.69) is 4.98 Å². The molecule has 0 saturated carbocycles. The third kappa shape index (κ3) is 2.81. The number of nitrogens with zero attached hydrogens (tertiary/aromatic N) is 3. The quantitative estimate of drug-likeness (QED) is 0.939. The van der Waals surface area contributed by atoms with Gasteiger partial charge in [0.2, 0.25) is 0 Å². The zero-order valence-corrected chi connectivity index (χ0v) is 10.2. The first-order valence-electron chi connectivity index (χ1n) is 5.71. The molecule has 1 aromatic heterocycles. The Morgan fingerprint density at radius 1 is 1.25 bits per heavy atom. The molecule has 0 spiro atoms. The molecule has 20 heavy (non-hydrogen) atoms. The molecule has 0 aliphatic carbocycles. The lowest BCUT2D eigenvalue weighted by Gasteiger charge is -2.05. The first-order valence-corrected chi connectivity index (χ1v) is 5.71. The molecule has 2 aromatic rings. The van der Waals surface area contributed by atoms with Crippen LogP contribution in [0.2, 0.25) is 0 Å². The predicted molar refractivity (Wildman–Crippen MR) is 64.5 cm³/mol. The Kier molecular flexibility index (Phi) is 3.77. The molecule has 1 N–H and O–H groups in total. The lowest BCUT2D eigenvalue weighted by Crippen LogP contribution is -2.05. The maximum atomic E-state index is 12.7. The van der Waals surface area contributed by atoms with Crippen molar-refractivity contribution in [3.05, 3.63) is 41.7 Å². The van der Waals surface area contributed by atoms with Crippen LogP contribution in [0.5, 0.6) is 0 Å². The SMILES string of the molecule is N#Cc1ccc(-c2nc(C(F)(F)F)cn2CCO)cc1. The van der Waals surface area contributed by atoms with Gasteiger partial charge in [-0.05, 0) is 24.3 Å². The number of aliphatic hydroxyl groups excluding tert-OH is 1. The second kappa shape index (κ2) is 5.35. The van der Waals surface area contributed by atoms with Gasteiger partial charge in [0.25, 0.3) is 0 Å². The van der Waals surface area contributed by atoms with E-state index < -0.39 is 11.9 Å². The number of benzene rings is 1. The zero-order valence-electron chi connectivity index (χ0n) is 10.2. The van der Waals surface area contributed by atoms with Crippen molar-refractivity contribution < 1.29 is 18.3 Å². The number of imidazole rings is 1. The molecule has 4 nitrogen and oxygen atoms in total. The molecule has 0 amide bonds. The summed E-state index contributed by atoms with van der Waals surface area (Å²) in [6.07, 6.45) is -3.67. The average Bonchev–Trinajstić information content (AvgIpc) is 2.83. The van der Waals surface area contributed by atoms with Crippen LogP contribution >= 0.6 is 0 Å². The highest BCUT2D eigenvalue weighted by Gasteiger charge is 2.34. The van der Waals surface area contributed by atoms with Gasteiger partial charge >= 0.3 is 6.18 Å². The number of hydrogen-bond donors (Lipinski definition) is 1. The Labute approximate surface area is 112 Å². The summed E-state index contributed by atoms with van der Waals surface area (Å²) in [6, 6.07) is 7.97. The van der Waals surface area contributed by atoms with Gasteiger partial charge in [0.15, 0.2) is 5.69 Å². The van der Waals surface area contributed by atoms with Gasteiger partial charge in [-0.25, -0.2) is 4.98 Å². The Morgan fingerprint density at radius 3 is 2.40 bits per heavy atom. The van der Waals surface area contributed by atoms with E-state index in [4.69, 9.17) is 10.4 Å². The molecule has 104 valence electrons. The summed E-state index contributed by atoms with van der Waals surface area (Å²) in [5, 5.41) is 17.6. The van der Waals surface area contributed by atoms with Crippen LogP contribution in [0, 0.1) is 11.3 Å². The van der Waals surface area contributed by atoms with Crippen LogP contribution in [0.1, 0.15) is 11.3 Å². The minimum Gasteiger partial charge on any atom is -0.395 e. The largest absolute Gasteiger partial charge is 0.434 e. The molecule has 1 heterocycles. The molecule has 0 unspecified atom stereocenters. The van der Waals surface area contributed by atoms with Gasteiger partial charge in [0, 0.05) is 18.3 Å². The molecule has 0 aliphatic rings. The van der Waals surface area contributed by atoms with Crippen molar-refractivity contribution in [1.29, 1.82) is 5.26 Å². The first-order chi connectivity index (χ1) is 9.45. The van der Waals surface area contributed by atoms with Gasteiger partial charge in [-0.3, -0.25) is 0 Å². The highest BCUT2D eigenvalue weighted by molar-refractivity contribution is 5.57. The predicted octanol–water partition coefficient (Wildman–Crippen LogP) is 2.43. The van der Waals surface area contributed by atoms with Crippen molar-refractivity contribution in [1.82, 2.24) is 9.55 Å². The molecule has 0 saturated heterocycles. The topological polar surface area (TPSA) is 61.8 Å². The number of aliphatic hydroxyl groups is 1. The van der Waals surface area contributed by atoms with Gasteiger partial charge in [-0.2, -0.15) is 18.4 Å². The lowest BCUT2D eigenvalue weighted by atomic mass is 10.1. The highest BCUT2D eigenvalue weighted by Crippen LogP contribution is 2.31. The number of hydrogen-bond acceptors (Lipinski definition) is 3. The number of alkyl halides is 3. The fraction of sp³-hybridized carbons (Fsp3) is 0.231. The fourth-order valence-electron chi connectivity index (χ4n) is 1.75. The smallest absolute Gasteiger partial charge is 0.395 e. The van der Waals surface area contributed by atoms with Gasteiger partial charge in [-0.1, -0.05) is 0 Å². The molecule has 0 fully saturated rings.